The van der Waals surface area contributed by atoms with Crippen molar-refractivity contribution >= 4 is 16.9 Å². The van der Waals surface area contributed by atoms with Crippen LogP contribution >= 0.6 is 0 Å². The van der Waals surface area contributed by atoms with Gasteiger partial charge in [-0.25, -0.2) is 5.48 Å². The average Bonchev–Trinajstić information content (AvgIpc) is 2.71. The molecule has 0 aliphatic carbocycles. The second-order valence-electron chi connectivity index (χ2n) is 3.57. The first kappa shape index (κ1) is 11.5. The monoisotopic (exact) mass is 235 g/mol. The lowest BCUT2D eigenvalue weighted by Crippen LogP contribution is -2.19. The van der Waals surface area contributed by atoms with Crippen molar-refractivity contribution in [2.24, 2.45) is 0 Å². The van der Waals surface area contributed by atoms with Crippen LogP contribution in [0.4, 0.5) is 0 Å². The van der Waals surface area contributed by atoms with E-state index in [0.717, 1.165) is 22.3 Å². The summed E-state index contributed by atoms with van der Waals surface area (Å²) in [6.07, 6.45) is 1.60. The molecule has 90 valence electrons. The van der Waals surface area contributed by atoms with Gasteiger partial charge in [-0.1, -0.05) is 0 Å². The SMILES string of the molecule is COc1ccc2occ(CONC(C)=O)c2c1. The van der Waals surface area contributed by atoms with Crippen LogP contribution in [0.3, 0.4) is 0 Å². The van der Waals surface area contributed by atoms with Crippen LogP contribution in [0, 0.1) is 0 Å². The fourth-order valence-corrected chi connectivity index (χ4v) is 1.52. The smallest absolute Gasteiger partial charge is 0.240 e. The Morgan fingerprint density at radius 1 is 1.47 bits per heavy atom. The zero-order chi connectivity index (χ0) is 12.3. The Morgan fingerprint density at radius 2 is 2.29 bits per heavy atom. The molecule has 1 heterocycles. The Balaban J connectivity index is 2.19. The van der Waals surface area contributed by atoms with E-state index in [0.29, 0.717) is 0 Å². The number of furan rings is 1. The topological polar surface area (TPSA) is 60.7 Å². The highest BCUT2D eigenvalue weighted by Gasteiger charge is 2.07. The average molecular weight is 235 g/mol. The molecule has 0 aliphatic rings. The number of amides is 1. The summed E-state index contributed by atoms with van der Waals surface area (Å²) in [5.74, 6) is 0.509. The molecule has 0 unspecified atom stereocenters. The Hall–Kier alpha value is -2.01. The summed E-state index contributed by atoms with van der Waals surface area (Å²) in [6, 6.07) is 5.52. The predicted molar refractivity (Wildman–Crippen MR) is 61.4 cm³/mol. The summed E-state index contributed by atoms with van der Waals surface area (Å²) in [5.41, 5.74) is 3.88. The quantitative estimate of drug-likeness (QED) is 0.823. The van der Waals surface area contributed by atoms with Gasteiger partial charge < -0.3 is 9.15 Å². The summed E-state index contributed by atoms with van der Waals surface area (Å²) < 4.78 is 10.5. The van der Waals surface area contributed by atoms with E-state index in [1.807, 2.05) is 18.2 Å². The third-order valence-electron chi connectivity index (χ3n) is 2.30. The number of hydrogen-bond acceptors (Lipinski definition) is 4. The first-order chi connectivity index (χ1) is 8.20. The highest BCUT2D eigenvalue weighted by molar-refractivity contribution is 5.82. The molecule has 2 aromatic rings. The summed E-state index contributed by atoms with van der Waals surface area (Å²) >= 11 is 0. The molecule has 5 heteroatoms. The van der Waals surface area contributed by atoms with Crippen LogP contribution in [0.2, 0.25) is 0 Å². The van der Waals surface area contributed by atoms with Crippen molar-refractivity contribution in [3.05, 3.63) is 30.0 Å². The van der Waals surface area contributed by atoms with Gasteiger partial charge in [0.25, 0.3) is 0 Å². The largest absolute Gasteiger partial charge is 0.497 e. The van der Waals surface area contributed by atoms with Gasteiger partial charge in [-0.15, -0.1) is 0 Å². The number of nitrogens with one attached hydrogen (secondary N) is 1. The molecule has 0 saturated carbocycles. The van der Waals surface area contributed by atoms with Gasteiger partial charge in [0, 0.05) is 17.9 Å². The standard InChI is InChI=1S/C12H13NO4/c1-8(14)13-17-7-9-6-16-12-4-3-10(15-2)5-11(9)12/h3-6H,7H2,1-2H3,(H,13,14). The van der Waals surface area contributed by atoms with Crippen molar-refractivity contribution in [3.63, 3.8) is 0 Å². The molecule has 5 nitrogen and oxygen atoms in total. The van der Waals surface area contributed by atoms with E-state index in [9.17, 15) is 4.79 Å². The molecule has 0 saturated heterocycles. The van der Waals surface area contributed by atoms with Crippen LogP contribution in [-0.2, 0) is 16.2 Å². The van der Waals surface area contributed by atoms with Gasteiger partial charge in [0.2, 0.25) is 5.91 Å². The molecule has 1 aromatic carbocycles. The van der Waals surface area contributed by atoms with Crippen molar-refractivity contribution < 1.29 is 18.8 Å². The molecular formula is C12H13NO4. The van der Waals surface area contributed by atoms with E-state index in [4.69, 9.17) is 14.0 Å². The van der Waals surface area contributed by atoms with Crippen LogP contribution in [-0.4, -0.2) is 13.0 Å². The Labute approximate surface area is 98.3 Å². The molecule has 0 fully saturated rings. The van der Waals surface area contributed by atoms with Gasteiger partial charge in [0.05, 0.1) is 13.4 Å². The van der Waals surface area contributed by atoms with Crippen LogP contribution in [0.25, 0.3) is 11.0 Å². The molecular weight excluding hydrogens is 222 g/mol. The maximum Gasteiger partial charge on any atom is 0.240 e. The van der Waals surface area contributed by atoms with E-state index in [1.165, 1.54) is 6.92 Å². The molecule has 0 spiro atoms. The number of carbonyl (C=O) groups excluding carboxylic acids is 1. The van der Waals surface area contributed by atoms with E-state index in [1.54, 1.807) is 13.4 Å². The molecule has 1 amide bonds. The normalized spacial score (nSPS) is 10.5. The summed E-state index contributed by atoms with van der Waals surface area (Å²) in [6.45, 7) is 1.64. The highest BCUT2D eigenvalue weighted by atomic mass is 16.6. The van der Waals surface area contributed by atoms with Crippen LogP contribution in [0.5, 0.6) is 5.75 Å². The van der Waals surface area contributed by atoms with Gasteiger partial charge in [0.1, 0.15) is 17.9 Å². The molecule has 0 radical (unpaired) electrons. The van der Waals surface area contributed by atoms with Crippen molar-refractivity contribution in [2.75, 3.05) is 7.11 Å². The number of benzene rings is 1. The Bertz CT molecular complexity index is 532. The first-order valence-electron chi connectivity index (χ1n) is 5.13. The number of hydrogen-bond donors (Lipinski definition) is 1. The minimum Gasteiger partial charge on any atom is -0.497 e. The maximum atomic E-state index is 10.7. The van der Waals surface area contributed by atoms with Crippen molar-refractivity contribution in [1.29, 1.82) is 0 Å². The fraction of sp³-hybridized carbons (Fsp3) is 0.250. The lowest BCUT2D eigenvalue weighted by atomic mass is 10.2. The summed E-state index contributed by atoms with van der Waals surface area (Å²) in [5, 5.41) is 0.912. The van der Waals surface area contributed by atoms with E-state index < -0.39 is 0 Å². The molecule has 17 heavy (non-hydrogen) atoms. The molecule has 1 aromatic heterocycles. The summed E-state index contributed by atoms with van der Waals surface area (Å²) in [4.78, 5) is 15.7. The zero-order valence-electron chi connectivity index (χ0n) is 9.65. The second-order valence-corrected chi connectivity index (χ2v) is 3.57. The second kappa shape index (κ2) is 4.88. The molecule has 0 atom stereocenters. The lowest BCUT2D eigenvalue weighted by molar-refractivity contribution is -0.132. The van der Waals surface area contributed by atoms with E-state index in [2.05, 4.69) is 5.48 Å². The van der Waals surface area contributed by atoms with Crippen LogP contribution < -0.4 is 10.2 Å². The molecule has 0 aliphatic heterocycles. The van der Waals surface area contributed by atoms with Crippen LogP contribution in [0.1, 0.15) is 12.5 Å². The number of fused-ring (bicyclic) bond motifs is 1. The van der Waals surface area contributed by atoms with Gasteiger partial charge in [-0.3, -0.25) is 9.63 Å². The minimum absolute atomic E-state index is 0.240. The number of carbonyl (C=O) groups is 1. The van der Waals surface area contributed by atoms with E-state index >= 15 is 0 Å². The molecule has 0 bridgehead atoms. The lowest BCUT2D eigenvalue weighted by Gasteiger charge is -2.02. The van der Waals surface area contributed by atoms with E-state index in [-0.39, 0.29) is 12.5 Å². The van der Waals surface area contributed by atoms with Crippen molar-refractivity contribution in [1.82, 2.24) is 5.48 Å². The molecule has 2 rings (SSSR count). The number of ether oxygens (including phenoxy) is 1. The third kappa shape index (κ3) is 2.57. The maximum absolute atomic E-state index is 10.7. The number of methoxy groups -OCH3 is 1. The first-order valence-corrected chi connectivity index (χ1v) is 5.13. The van der Waals surface area contributed by atoms with Gasteiger partial charge in [-0.2, -0.15) is 0 Å². The summed E-state index contributed by atoms with van der Waals surface area (Å²) in [7, 11) is 1.61. The zero-order valence-corrected chi connectivity index (χ0v) is 9.65. The fourth-order valence-electron chi connectivity index (χ4n) is 1.52. The molecule has 1 N–H and O–H groups in total. The predicted octanol–water partition coefficient (Wildman–Crippen LogP) is 2.01. The van der Waals surface area contributed by atoms with Crippen molar-refractivity contribution in [3.8, 4) is 5.75 Å². The van der Waals surface area contributed by atoms with Gasteiger partial charge in [-0.05, 0) is 18.2 Å². The Kier molecular flexibility index (Phi) is 3.30. The van der Waals surface area contributed by atoms with Gasteiger partial charge >= 0.3 is 0 Å². The van der Waals surface area contributed by atoms with Crippen LogP contribution in [0.15, 0.2) is 28.9 Å². The highest BCUT2D eigenvalue weighted by Crippen LogP contribution is 2.25. The number of hydroxylamine groups is 1. The Morgan fingerprint density at radius 3 is 3.00 bits per heavy atom. The van der Waals surface area contributed by atoms with Crippen molar-refractivity contribution in [2.45, 2.75) is 13.5 Å². The third-order valence-corrected chi connectivity index (χ3v) is 2.30. The minimum atomic E-state index is -0.240. The van der Waals surface area contributed by atoms with Gasteiger partial charge in [0.15, 0.2) is 0 Å². The number of rotatable bonds is 4.